The molecule has 13 heteroatoms. The van der Waals surface area contributed by atoms with E-state index in [4.69, 9.17) is 22.5 Å². The predicted molar refractivity (Wildman–Crippen MR) is 107 cm³/mol. The van der Waals surface area contributed by atoms with Crippen molar-refractivity contribution < 1.29 is 35.4 Å². The van der Waals surface area contributed by atoms with Gasteiger partial charge in [0, 0.05) is 5.25 Å². The van der Waals surface area contributed by atoms with Crippen molar-refractivity contribution >= 4 is 41.1 Å². The Hall–Kier alpha value is -0.970. The molecule has 0 amide bonds. The first-order chi connectivity index (χ1) is 13.2. The van der Waals surface area contributed by atoms with E-state index < -0.39 is 41.0 Å². The number of thiocarbonyl (C=S) groups is 1. The van der Waals surface area contributed by atoms with Gasteiger partial charge in [0.1, 0.15) is 0 Å². The zero-order valence-corrected chi connectivity index (χ0v) is 18.3. The fourth-order valence-corrected chi connectivity index (χ4v) is 7.65. The minimum Gasteiger partial charge on any atom is -0.376 e. The van der Waals surface area contributed by atoms with Crippen LogP contribution >= 0.6 is 30.3 Å². The van der Waals surface area contributed by atoms with Gasteiger partial charge in [0.2, 0.25) is 0 Å². The van der Waals surface area contributed by atoms with Crippen LogP contribution in [0.4, 0.5) is 32.0 Å². The number of nitrogens with two attached hydrogens (primary N) is 1. The summed E-state index contributed by atoms with van der Waals surface area (Å²) in [5.74, 6) is 0. The molecular weight excluding hydrogens is 461 g/mol. The zero-order chi connectivity index (χ0) is 22.6. The molecule has 0 radical (unpaired) electrons. The van der Waals surface area contributed by atoms with Crippen molar-refractivity contribution in [2.45, 2.75) is 51.2 Å². The van der Waals surface area contributed by atoms with Crippen LogP contribution in [0.25, 0.3) is 0 Å². The Kier molecular flexibility index (Phi) is 8.89. The van der Waals surface area contributed by atoms with Crippen molar-refractivity contribution in [2.75, 3.05) is 11.3 Å². The molecule has 0 heterocycles. The summed E-state index contributed by atoms with van der Waals surface area (Å²) in [6.07, 6.45) is -9.22. The highest BCUT2D eigenvalue weighted by molar-refractivity contribution is 8.57. The van der Waals surface area contributed by atoms with E-state index >= 15 is 0 Å². The molecule has 0 saturated heterocycles. The van der Waals surface area contributed by atoms with Crippen molar-refractivity contribution in [1.82, 2.24) is 0 Å². The molecule has 0 bridgehead atoms. The van der Waals surface area contributed by atoms with Crippen LogP contribution < -0.4 is 10.4 Å². The van der Waals surface area contributed by atoms with Gasteiger partial charge in [-0.05, 0) is 54.6 Å². The van der Waals surface area contributed by atoms with Gasteiger partial charge in [0.25, 0.3) is 0 Å². The van der Waals surface area contributed by atoms with Crippen LogP contribution in [0.2, 0.25) is 0 Å². The maximum absolute atomic E-state index is 13.5. The molecule has 1 aromatic rings. The van der Waals surface area contributed by atoms with E-state index in [0.717, 1.165) is 11.4 Å². The van der Waals surface area contributed by atoms with Crippen molar-refractivity contribution in [3.05, 3.63) is 29.3 Å². The second-order valence-corrected chi connectivity index (χ2v) is 11.1. The van der Waals surface area contributed by atoms with Crippen molar-refractivity contribution in [2.24, 2.45) is 5.73 Å². The Morgan fingerprint density at radius 1 is 1.17 bits per heavy atom. The highest BCUT2D eigenvalue weighted by Crippen LogP contribution is 2.66. The minimum absolute atomic E-state index is 0.0269. The van der Waals surface area contributed by atoms with E-state index in [0.29, 0.717) is 29.6 Å². The number of alkyl halides is 6. The van der Waals surface area contributed by atoms with Crippen LogP contribution in [0, 0.1) is 0 Å². The second-order valence-electron chi connectivity index (χ2n) is 6.04. The van der Waals surface area contributed by atoms with E-state index in [2.05, 4.69) is 0 Å². The first kappa shape index (κ1) is 26.1. The summed E-state index contributed by atoms with van der Waals surface area (Å²) in [4.78, 5) is 0. The van der Waals surface area contributed by atoms with Gasteiger partial charge in [0.05, 0.1) is 23.4 Å². The lowest BCUT2D eigenvalue weighted by Gasteiger charge is -2.32. The Bertz CT molecular complexity index is 741. The van der Waals surface area contributed by atoms with E-state index in [1.165, 1.54) is 0 Å². The maximum Gasteiger partial charge on any atom is 0.416 e. The highest BCUT2D eigenvalue weighted by atomic mass is 32.7. The number of rotatable bonds is 8. The molecule has 0 spiro atoms. The number of anilines is 1. The van der Waals surface area contributed by atoms with Crippen LogP contribution in [-0.2, 0) is 21.4 Å². The molecule has 2 unspecified atom stereocenters. The molecule has 1 aromatic carbocycles. The molecule has 2 N–H and O–H groups in total. The third kappa shape index (κ3) is 7.04. The lowest BCUT2D eigenvalue weighted by atomic mass is 10.1. The van der Waals surface area contributed by atoms with Crippen molar-refractivity contribution in [3.63, 3.8) is 0 Å². The average molecular weight is 482 g/mol. The molecule has 166 valence electrons. The Morgan fingerprint density at radius 2 is 1.66 bits per heavy atom. The zero-order valence-electron chi connectivity index (χ0n) is 15.8. The van der Waals surface area contributed by atoms with Gasteiger partial charge in [-0.1, -0.05) is 20.8 Å². The summed E-state index contributed by atoms with van der Waals surface area (Å²) in [6.45, 7) is 1.03. The van der Waals surface area contributed by atoms with Gasteiger partial charge in [0.15, 0.2) is 5.11 Å². The first-order valence-corrected chi connectivity index (χ1v) is 11.9. The predicted octanol–water partition coefficient (Wildman–Crippen LogP) is 6.84. The van der Waals surface area contributed by atoms with E-state index in [1.807, 2.05) is 0 Å². The van der Waals surface area contributed by atoms with Crippen LogP contribution in [0.5, 0.6) is 0 Å². The highest BCUT2D eigenvalue weighted by Gasteiger charge is 2.41. The molecule has 0 saturated carbocycles. The first-order valence-electron chi connectivity index (χ1n) is 8.48. The van der Waals surface area contributed by atoms with Crippen molar-refractivity contribution in [1.29, 1.82) is 0 Å². The Labute approximate surface area is 174 Å². The molecule has 0 aliphatic carbocycles. The summed E-state index contributed by atoms with van der Waals surface area (Å²) in [5.41, 5.74) is 1.75. The molecule has 0 aliphatic rings. The van der Waals surface area contributed by atoms with Gasteiger partial charge < -0.3 is 10.3 Å². The van der Waals surface area contributed by atoms with Crippen LogP contribution in [-0.4, -0.2) is 17.0 Å². The van der Waals surface area contributed by atoms with Gasteiger partial charge in [-0.2, -0.15) is 26.3 Å². The number of benzene rings is 1. The van der Waals surface area contributed by atoms with Crippen LogP contribution in [0.1, 0.15) is 44.7 Å². The molecule has 0 aliphatic heterocycles. The molecule has 29 heavy (non-hydrogen) atoms. The largest absolute Gasteiger partial charge is 0.416 e. The summed E-state index contributed by atoms with van der Waals surface area (Å²) in [5, 5.41) is -0.949. The Balaban J connectivity index is 3.71. The number of hydrogen-bond donors (Lipinski definition) is 1. The molecule has 1 rings (SSSR count). The smallest absolute Gasteiger partial charge is 0.376 e. The van der Waals surface area contributed by atoms with Gasteiger partial charge in [-0.3, -0.25) is 4.57 Å². The van der Waals surface area contributed by atoms with E-state index in [-0.39, 0.29) is 17.9 Å². The lowest BCUT2D eigenvalue weighted by molar-refractivity contribution is -0.143. The summed E-state index contributed by atoms with van der Waals surface area (Å²) < 4.78 is 98.8. The molecular formula is C16H21F6N2O2PS2. The third-order valence-electron chi connectivity index (χ3n) is 3.62. The average Bonchev–Trinajstić information content (AvgIpc) is 2.57. The fraction of sp³-hybridized carbons (Fsp3) is 0.562. The number of hydrogen-bond acceptors (Lipinski definition) is 4. The third-order valence-corrected chi connectivity index (χ3v) is 9.03. The molecule has 4 nitrogen and oxygen atoms in total. The van der Waals surface area contributed by atoms with E-state index in [9.17, 15) is 30.9 Å². The minimum atomic E-state index is -5.07. The monoisotopic (exact) mass is 482 g/mol. The SMILES string of the molecule is CCCOP(=O)(SC(C)CC)N(C(N)=S)c1cc(C(F)(F)F)cc(C(F)(F)F)c1. The van der Waals surface area contributed by atoms with E-state index in [1.54, 1.807) is 20.8 Å². The van der Waals surface area contributed by atoms with Gasteiger partial charge in [-0.25, -0.2) is 4.67 Å². The number of halogens is 6. The molecule has 2 atom stereocenters. The summed E-state index contributed by atoms with van der Waals surface area (Å²) >= 11 is 5.61. The summed E-state index contributed by atoms with van der Waals surface area (Å²) in [7, 11) is 0. The molecule has 0 fully saturated rings. The lowest BCUT2D eigenvalue weighted by Crippen LogP contribution is -2.33. The normalized spacial score (nSPS) is 15.6. The number of nitrogens with zero attached hydrogens (tertiary/aromatic N) is 1. The Morgan fingerprint density at radius 3 is 2.00 bits per heavy atom. The van der Waals surface area contributed by atoms with Gasteiger partial charge >= 0.3 is 19.1 Å². The topological polar surface area (TPSA) is 55.6 Å². The second kappa shape index (κ2) is 9.89. The standard InChI is InChI=1S/C16H21F6N2O2PS2/c1-4-6-26-27(25,29-10(3)5-2)24(14(23)28)13-8-11(15(17,18)19)7-12(9-13)16(20,21)22/h7-10H,4-6H2,1-3H3,(H2,23,28). The van der Waals surface area contributed by atoms with Crippen LogP contribution in [0.3, 0.4) is 0 Å². The van der Waals surface area contributed by atoms with Crippen molar-refractivity contribution in [3.8, 4) is 0 Å². The van der Waals surface area contributed by atoms with Crippen LogP contribution in [0.15, 0.2) is 18.2 Å². The molecule has 0 aromatic heterocycles. The quantitative estimate of drug-likeness (QED) is 0.249. The summed E-state index contributed by atoms with van der Waals surface area (Å²) in [6, 6.07) is 0.821. The van der Waals surface area contributed by atoms with Gasteiger partial charge in [-0.15, -0.1) is 0 Å². The fourth-order valence-electron chi connectivity index (χ4n) is 2.09. The maximum atomic E-state index is 13.5.